The van der Waals surface area contributed by atoms with Crippen LogP contribution in [-0.4, -0.2) is 42.7 Å². The molecular formula is C12H17NO6. The molecule has 0 aromatic rings. The second kappa shape index (κ2) is 6.77. The average Bonchev–Trinajstić information content (AvgIpc) is 2.37. The van der Waals surface area contributed by atoms with Gasteiger partial charge < -0.3 is 14.2 Å². The van der Waals surface area contributed by atoms with Gasteiger partial charge in [0.1, 0.15) is 11.8 Å². The minimum absolute atomic E-state index is 0.181. The summed E-state index contributed by atoms with van der Waals surface area (Å²) >= 11 is 0. The standard InChI is InChI=1S/C12H17NO6/c1-4-18-12(16)13-7-9(19-8(2)14)5-6-10(13)11(15)17-3/h7,10H,4-6H2,1-3H3/t10-/m0/s1. The Bertz CT molecular complexity index is 403. The third-order valence-corrected chi connectivity index (χ3v) is 2.51. The zero-order valence-electron chi connectivity index (χ0n) is 11.2. The molecule has 7 heteroatoms. The van der Waals surface area contributed by atoms with E-state index in [0.717, 1.165) is 4.90 Å². The minimum atomic E-state index is -0.761. The summed E-state index contributed by atoms with van der Waals surface area (Å²) in [6.07, 6.45) is 1.31. The Morgan fingerprint density at radius 1 is 1.42 bits per heavy atom. The Labute approximate surface area is 111 Å². The van der Waals surface area contributed by atoms with Crippen LogP contribution < -0.4 is 0 Å². The van der Waals surface area contributed by atoms with Crippen molar-refractivity contribution in [3.63, 3.8) is 0 Å². The van der Waals surface area contributed by atoms with Gasteiger partial charge in [-0.05, 0) is 13.3 Å². The Kier molecular flexibility index (Phi) is 5.35. The van der Waals surface area contributed by atoms with E-state index in [0.29, 0.717) is 18.6 Å². The number of rotatable bonds is 3. The molecular weight excluding hydrogens is 254 g/mol. The number of nitrogens with zero attached hydrogens (tertiary/aromatic N) is 1. The van der Waals surface area contributed by atoms with Crippen molar-refractivity contribution in [3.05, 3.63) is 12.0 Å². The lowest BCUT2D eigenvalue weighted by atomic mass is 10.1. The molecule has 0 aliphatic carbocycles. The number of esters is 2. The topological polar surface area (TPSA) is 82.1 Å². The average molecular weight is 271 g/mol. The molecule has 0 saturated heterocycles. The normalized spacial score (nSPS) is 18.4. The second-order valence-corrected chi connectivity index (χ2v) is 3.87. The zero-order chi connectivity index (χ0) is 14.4. The maximum Gasteiger partial charge on any atom is 0.414 e. The van der Waals surface area contributed by atoms with Crippen LogP contribution in [0.4, 0.5) is 4.79 Å². The smallest absolute Gasteiger partial charge is 0.414 e. The van der Waals surface area contributed by atoms with Gasteiger partial charge in [-0.1, -0.05) is 0 Å². The van der Waals surface area contributed by atoms with Crippen molar-refractivity contribution in [3.8, 4) is 0 Å². The number of allylic oxidation sites excluding steroid dienone is 1. The van der Waals surface area contributed by atoms with Crippen molar-refractivity contribution in [2.45, 2.75) is 32.7 Å². The lowest BCUT2D eigenvalue weighted by Crippen LogP contribution is -2.45. The number of hydrogen-bond acceptors (Lipinski definition) is 6. The van der Waals surface area contributed by atoms with Gasteiger partial charge in [-0.3, -0.25) is 9.69 Å². The van der Waals surface area contributed by atoms with Gasteiger partial charge in [-0.25, -0.2) is 9.59 Å². The van der Waals surface area contributed by atoms with E-state index in [1.807, 2.05) is 0 Å². The quantitative estimate of drug-likeness (QED) is 0.566. The van der Waals surface area contributed by atoms with Gasteiger partial charge in [0, 0.05) is 19.5 Å². The summed E-state index contributed by atoms with van der Waals surface area (Å²) in [5.41, 5.74) is 0. The van der Waals surface area contributed by atoms with E-state index in [4.69, 9.17) is 9.47 Å². The molecule has 0 fully saturated rings. The molecule has 0 aromatic carbocycles. The first-order valence-corrected chi connectivity index (χ1v) is 5.91. The van der Waals surface area contributed by atoms with Crippen LogP contribution in [0.25, 0.3) is 0 Å². The molecule has 1 atom stereocenters. The maximum atomic E-state index is 11.8. The number of carbonyl (C=O) groups is 3. The first kappa shape index (κ1) is 15.0. The van der Waals surface area contributed by atoms with E-state index < -0.39 is 24.1 Å². The lowest BCUT2D eigenvalue weighted by Gasteiger charge is -2.30. The van der Waals surface area contributed by atoms with Crippen LogP contribution in [0.1, 0.15) is 26.7 Å². The number of methoxy groups -OCH3 is 1. The maximum absolute atomic E-state index is 11.8. The van der Waals surface area contributed by atoms with Crippen LogP contribution in [-0.2, 0) is 23.8 Å². The van der Waals surface area contributed by atoms with E-state index in [1.165, 1.54) is 20.2 Å². The molecule has 19 heavy (non-hydrogen) atoms. The fourth-order valence-corrected chi connectivity index (χ4v) is 1.74. The summed E-state index contributed by atoms with van der Waals surface area (Å²) in [6.45, 7) is 3.10. The van der Waals surface area contributed by atoms with Crippen molar-refractivity contribution >= 4 is 18.0 Å². The Morgan fingerprint density at radius 2 is 2.11 bits per heavy atom. The fourth-order valence-electron chi connectivity index (χ4n) is 1.74. The van der Waals surface area contributed by atoms with Gasteiger partial charge >= 0.3 is 18.0 Å². The van der Waals surface area contributed by atoms with Crippen LogP contribution >= 0.6 is 0 Å². The van der Waals surface area contributed by atoms with Crippen molar-refractivity contribution in [2.24, 2.45) is 0 Å². The van der Waals surface area contributed by atoms with Gasteiger partial charge in [-0.15, -0.1) is 0 Å². The summed E-state index contributed by atoms with van der Waals surface area (Å²) in [5, 5.41) is 0. The summed E-state index contributed by atoms with van der Waals surface area (Å²) in [6, 6.07) is -0.761. The van der Waals surface area contributed by atoms with E-state index in [-0.39, 0.29) is 6.61 Å². The third kappa shape index (κ3) is 3.97. The van der Waals surface area contributed by atoms with Gasteiger partial charge in [0.25, 0.3) is 0 Å². The molecule has 0 N–H and O–H groups in total. The molecule has 1 aliphatic heterocycles. The van der Waals surface area contributed by atoms with E-state index in [1.54, 1.807) is 6.92 Å². The molecule has 0 radical (unpaired) electrons. The van der Waals surface area contributed by atoms with Crippen LogP contribution in [0, 0.1) is 0 Å². The molecule has 7 nitrogen and oxygen atoms in total. The van der Waals surface area contributed by atoms with Crippen LogP contribution in [0.5, 0.6) is 0 Å². The monoisotopic (exact) mass is 271 g/mol. The van der Waals surface area contributed by atoms with Crippen molar-refractivity contribution in [1.29, 1.82) is 0 Å². The van der Waals surface area contributed by atoms with Crippen molar-refractivity contribution in [2.75, 3.05) is 13.7 Å². The Hall–Kier alpha value is -2.05. The first-order chi connectivity index (χ1) is 8.99. The molecule has 1 amide bonds. The molecule has 0 saturated carbocycles. The van der Waals surface area contributed by atoms with Gasteiger partial charge in [0.15, 0.2) is 0 Å². The van der Waals surface area contributed by atoms with Crippen LogP contribution in [0.15, 0.2) is 12.0 Å². The lowest BCUT2D eigenvalue weighted by molar-refractivity contribution is -0.146. The number of hydrogen-bond donors (Lipinski definition) is 0. The molecule has 0 aromatic heterocycles. The largest absolute Gasteiger partial charge is 0.467 e. The number of ether oxygens (including phenoxy) is 3. The summed E-state index contributed by atoms with van der Waals surface area (Å²) < 4.78 is 14.4. The van der Waals surface area contributed by atoms with Gasteiger partial charge in [0.2, 0.25) is 0 Å². The zero-order valence-corrected chi connectivity index (χ0v) is 11.2. The van der Waals surface area contributed by atoms with Crippen molar-refractivity contribution < 1.29 is 28.6 Å². The molecule has 0 spiro atoms. The molecule has 0 bridgehead atoms. The Morgan fingerprint density at radius 3 is 2.63 bits per heavy atom. The number of amides is 1. The first-order valence-electron chi connectivity index (χ1n) is 5.91. The highest BCUT2D eigenvalue weighted by molar-refractivity contribution is 5.82. The highest BCUT2D eigenvalue weighted by atomic mass is 16.6. The predicted octanol–water partition coefficient (Wildman–Crippen LogP) is 1.18. The second-order valence-electron chi connectivity index (χ2n) is 3.87. The van der Waals surface area contributed by atoms with E-state index in [9.17, 15) is 14.4 Å². The van der Waals surface area contributed by atoms with Crippen molar-refractivity contribution in [1.82, 2.24) is 4.90 Å². The molecule has 1 rings (SSSR count). The molecule has 1 aliphatic rings. The Balaban J connectivity index is 2.92. The summed E-state index contributed by atoms with van der Waals surface area (Å²) in [7, 11) is 1.25. The van der Waals surface area contributed by atoms with E-state index in [2.05, 4.69) is 4.74 Å². The third-order valence-electron chi connectivity index (χ3n) is 2.51. The number of carbonyl (C=O) groups excluding carboxylic acids is 3. The summed E-state index contributed by atoms with van der Waals surface area (Å²) in [4.78, 5) is 35.4. The van der Waals surface area contributed by atoms with Crippen LogP contribution in [0.3, 0.4) is 0 Å². The van der Waals surface area contributed by atoms with E-state index >= 15 is 0 Å². The fraction of sp³-hybridized carbons (Fsp3) is 0.583. The molecule has 106 valence electrons. The predicted molar refractivity (Wildman–Crippen MR) is 63.7 cm³/mol. The highest BCUT2D eigenvalue weighted by Gasteiger charge is 2.34. The minimum Gasteiger partial charge on any atom is -0.467 e. The van der Waals surface area contributed by atoms with Crippen LogP contribution in [0.2, 0.25) is 0 Å². The molecule has 0 unspecified atom stereocenters. The SMILES string of the molecule is CCOC(=O)N1C=C(OC(C)=O)CC[C@H]1C(=O)OC. The molecule has 1 heterocycles. The van der Waals surface area contributed by atoms with Gasteiger partial charge in [-0.2, -0.15) is 0 Å². The summed E-state index contributed by atoms with van der Waals surface area (Å²) in [5.74, 6) is -0.696. The highest BCUT2D eigenvalue weighted by Crippen LogP contribution is 2.23. The van der Waals surface area contributed by atoms with Gasteiger partial charge in [0.05, 0.1) is 13.7 Å².